The highest BCUT2D eigenvalue weighted by molar-refractivity contribution is 5.87. The van der Waals surface area contributed by atoms with Crippen molar-refractivity contribution in [3.05, 3.63) is 53.5 Å². The molecule has 0 aliphatic heterocycles. The Kier molecular flexibility index (Phi) is 3.57. The molecule has 7 heteroatoms. The summed E-state index contributed by atoms with van der Waals surface area (Å²) < 4.78 is 4.93. The van der Waals surface area contributed by atoms with E-state index in [0.717, 1.165) is 0 Å². The predicted molar refractivity (Wildman–Crippen MR) is 79.4 cm³/mol. The molecule has 0 fully saturated rings. The Bertz CT molecular complexity index is 923. The minimum atomic E-state index is -1.05. The van der Waals surface area contributed by atoms with E-state index in [9.17, 15) is 10.1 Å². The largest absolute Gasteiger partial charge is 0.478 e. The van der Waals surface area contributed by atoms with E-state index >= 15 is 0 Å². The lowest BCUT2D eigenvalue weighted by molar-refractivity contribution is 0.0696. The molecular formula is C16H10N4O3. The molecule has 0 atom stereocenters. The summed E-state index contributed by atoms with van der Waals surface area (Å²) in [5.41, 5.74) is 2.26. The molecule has 3 rings (SSSR count). The van der Waals surface area contributed by atoms with Crippen LogP contribution in [0, 0.1) is 18.3 Å². The summed E-state index contributed by atoms with van der Waals surface area (Å²) in [6.07, 6.45) is 1.26. The van der Waals surface area contributed by atoms with Gasteiger partial charge in [0.25, 0.3) is 0 Å². The van der Waals surface area contributed by atoms with Crippen molar-refractivity contribution in [2.75, 3.05) is 0 Å². The Balaban J connectivity index is 2.03. The molecule has 1 aromatic carbocycles. The van der Waals surface area contributed by atoms with Gasteiger partial charge in [0.2, 0.25) is 11.7 Å². The average molecular weight is 306 g/mol. The van der Waals surface area contributed by atoms with E-state index in [0.29, 0.717) is 34.1 Å². The molecule has 0 aliphatic rings. The minimum Gasteiger partial charge on any atom is -0.478 e. The van der Waals surface area contributed by atoms with Gasteiger partial charge < -0.3 is 9.63 Å². The van der Waals surface area contributed by atoms with E-state index < -0.39 is 5.97 Å². The van der Waals surface area contributed by atoms with Gasteiger partial charge in [0, 0.05) is 24.2 Å². The van der Waals surface area contributed by atoms with E-state index in [1.54, 1.807) is 31.2 Å². The third-order valence-electron chi connectivity index (χ3n) is 3.21. The molecule has 0 bridgehead atoms. The summed E-state index contributed by atoms with van der Waals surface area (Å²) in [6, 6.07) is 10.2. The molecule has 23 heavy (non-hydrogen) atoms. The Morgan fingerprint density at radius 3 is 2.70 bits per heavy atom. The number of aromatic carboxylic acids is 1. The molecule has 0 amide bonds. The zero-order chi connectivity index (χ0) is 16.4. The van der Waals surface area contributed by atoms with Crippen LogP contribution in [0.4, 0.5) is 0 Å². The SMILES string of the molecule is Cc1nc(-c2ccc(-c3ccc(C(=O)O)cn3)c(C#N)c2)no1. The van der Waals surface area contributed by atoms with E-state index in [1.165, 1.54) is 12.3 Å². The van der Waals surface area contributed by atoms with Crippen LogP contribution < -0.4 is 0 Å². The number of nitrogens with zero attached hydrogens (tertiary/aromatic N) is 4. The predicted octanol–water partition coefficient (Wildman–Crippen LogP) is 2.68. The number of hydrogen-bond donors (Lipinski definition) is 1. The summed E-state index contributed by atoms with van der Waals surface area (Å²) in [5, 5.41) is 22.1. The first-order valence-electron chi connectivity index (χ1n) is 6.63. The summed E-state index contributed by atoms with van der Waals surface area (Å²) in [4.78, 5) is 19.1. The van der Waals surface area contributed by atoms with Crippen LogP contribution in [0.1, 0.15) is 21.8 Å². The van der Waals surface area contributed by atoms with Crippen LogP contribution in [0.5, 0.6) is 0 Å². The fraction of sp³-hybridized carbons (Fsp3) is 0.0625. The summed E-state index contributed by atoms with van der Waals surface area (Å²) in [6.45, 7) is 1.68. The second kappa shape index (κ2) is 5.69. The van der Waals surface area contributed by atoms with Gasteiger partial charge in [0.05, 0.1) is 22.9 Å². The summed E-state index contributed by atoms with van der Waals surface area (Å²) in [7, 11) is 0. The maximum atomic E-state index is 10.9. The van der Waals surface area contributed by atoms with Crippen LogP contribution in [0.2, 0.25) is 0 Å². The van der Waals surface area contributed by atoms with Crippen molar-refractivity contribution in [3.8, 4) is 28.7 Å². The van der Waals surface area contributed by atoms with Gasteiger partial charge in [-0.3, -0.25) is 4.98 Å². The maximum Gasteiger partial charge on any atom is 0.337 e. The molecule has 0 unspecified atom stereocenters. The van der Waals surface area contributed by atoms with Gasteiger partial charge in [-0.15, -0.1) is 0 Å². The van der Waals surface area contributed by atoms with Crippen molar-refractivity contribution in [3.63, 3.8) is 0 Å². The van der Waals surface area contributed by atoms with Gasteiger partial charge in [0.1, 0.15) is 0 Å². The van der Waals surface area contributed by atoms with Gasteiger partial charge in [0.15, 0.2) is 0 Å². The van der Waals surface area contributed by atoms with Crippen LogP contribution in [0.15, 0.2) is 41.1 Å². The monoisotopic (exact) mass is 306 g/mol. The number of nitriles is 1. The number of carboxylic acid groups (broad SMARTS) is 1. The molecule has 0 saturated heterocycles. The lowest BCUT2D eigenvalue weighted by Gasteiger charge is -2.05. The molecule has 2 aromatic heterocycles. The third-order valence-corrected chi connectivity index (χ3v) is 3.21. The molecule has 7 nitrogen and oxygen atoms in total. The molecule has 112 valence electrons. The normalized spacial score (nSPS) is 10.3. The van der Waals surface area contributed by atoms with Gasteiger partial charge >= 0.3 is 5.97 Å². The molecule has 1 N–H and O–H groups in total. The van der Waals surface area contributed by atoms with Crippen LogP contribution in [0.25, 0.3) is 22.6 Å². The van der Waals surface area contributed by atoms with Crippen molar-refractivity contribution in [1.29, 1.82) is 5.26 Å². The number of aromatic nitrogens is 3. The van der Waals surface area contributed by atoms with Crippen LogP contribution >= 0.6 is 0 Å². The first-order valence-corrected chi connectivity index (χ1v) is 6.63. The highest BCUT2D eigenvalue weighted by Gasteiger charge is 2.12. The molecule has 0 aliphatic carbocycles. The summed E-state index contributed by atoms with van der Waals surface area (Å²) >= 11 is 0. The fourth-order valence-corrected chi connectivity index (χ4v) is 2.10. The maximum absolute atomic E-state index is 10.9. The zero-order valence-corrected chi connectivity index (χ0v) is 12.0. The Morgan fingerprint density at radius 2 is 2.13 bits per heavy atom. The van der Waals surface area contributed by atoms with E-state index in [4.69, 9.17) is 9.63 Å². The molecule has 3 aromatic rings. The number of rotatable bonds is 3. The number of carboxylic acids is 1. The first kappa shape index (κ1) is 14.4. The molecule has 0 spiro atoms. The van der Waals surface area contributed by atoms with Crippen molar-refractivity contribution < 1.29 is 14.4 Å². The first-order chi connectivity index (χ1) is 11.1. The van der Waals surface area contributed by atoms with E-state index in [2.05, 4.69) is 21.2 Å². The highest BCUT2D eigenvalue weighted by Crippen LogP contribution is 2.26. The van der Waals surface area contributed by atoms with Gasteiger partial charge in [-0.1, -0.05) is 17.3 Å². The second-order valence-corrected chi connectivity index (χ2v) is 4.75. The van der Waals surface area contributed by atoms with E-state index in [-0.39, 0.29) is 5.56 Å². The van der Waals surface area contributed by atoms with Crippen LogP contribution in [-0.2, 0) is 0 Å². The fourth-order valence-electron chi connectivity index (χ4n) is 2.10. The van der Waals surface area contributed by atoms with E-state index in [1.807, 2.05) is 0 Å². The van der Waals surface area contributed by atoms with Crippen molar-refractivity contribution >= 4 is 5.97 Å². The summed E-state index contributed by atoms with van der Waals surface area (Å²) in [5.74, 6) is -0.208. The standard InChI is InChI=1S/C16H10N4O3/c1-9-19-15(20-23-9)10-2-4-13(12(6-10)7-17)14-5-3-11(8-18-14)16(21)22/h2-6,8H,1H3,(H,21,22). The number of hydrogen-bond acceptors (Lipinski definition) is 6. The Morgan fingerprint density at radius 1 is 1.30 bits per heavy atom. The van der Waals surface area contributed by atoms with Crippen molar-refractivity contribution in [2.45, 2.75) is 6.92 Å². The van der Waals surface area contributed by atoms with Gasteiger partial charge in [-0.2, -0.15) is 10.2 Å². The van der Waals surface area contributed by atoms with Crippen LogP contribution in [0.3, 0.4) is 0 Å². The number of aryl methyl sites for hydroxylation is 1. The number of benzene rings is 1. The van der Waals surface area contributed by atoms with Crippen LogP contribution in [-0.4, -0.2) is 26.2 Å². The van der Waals surface area contributed by atoms with Gasteiger partial charge in [-0.25, -0.2) is 4.79 Å². The smallest absolute Gasteiger partial charge is 0.337 e. The van der Waals surface area contributed by atoms with Crippen molar-refractivity contribution in [2.24, 2.45) is 0 Å². The lowest BCUT2D eigenvalue weighted by atomic mass is 10.0. The Labute approximate surface area is 130 Å². The average Bonchev–Trinajstić information content (AvgIpc) is 3.01. The molecular weight excluding hydrogens is 296 g/mol. The third kappa shape index (κ3) is 2.78. The number of carbonyl (C=O) groups is 1. The van der Waals surface area contributed by atoms with Crippen molar-refractivity contribution in [1.82, 2.24) is 15.1 Å². The van der Waals surface area contributed by atoms with Gasteiger partial charge in [-0.05, 0) is 18.2 Å². The second-order valence-electron chi connectivity index (χ2n) is 4.75. The lowest BCUT2D eigenvalue weighted by Crippen LogP contribution is -1.97. The molecule has 0 saturated carbocycles. The zero-order valence-electron chi connectivity index (χ0n) is 12.0. The minimum absolute atomic E-state index is 0.0890. The quantitative estimate of drug-likeness (QED) is 0.791. The highest BCUT2D eigenvalue weighted by atomic mass is 16.5. The topological polar surface area (TPSA) is 113 Å². The Hall–Kier alpha value is -3.53. The molecule has 0 radical (unpaired) electrons. The number of pyridine rings is 1. The molecule has 2 heterocycles.